The summed E-state index contributed by atoms with van der Waals surface area (Å²) >= 11 is 5.50. The molecule has 0 amide bonds. The molecule has 0 unspecified atom stereocenters. The fraction of sp³-hybridized carbons (Fsp3) is 0.222. The Labute approximate surface area is 75.2 Å². The summed E-state index contributed by atoms with van der Waals surface area (Å²) in [5.41, 5.74) is 0.701. The van der Waals surface area contributed by atoms with Crippen molar-refractivity contribution >= 4 is 17.4 Å². The molecule has 1 nitrogen and oxygen atoms in total. The van der Waals surface area contributed by atoms with Crippen LogP contribution in [0.5, 0.6) is 0 Å². The molecule has 0 saturated heterocycles. The predicted molar refractivity (Wildman–Crippen MR) is 46.2 cm³/mol. The van der Waals surface area contributed by atoms with Gasteiger partial charge in [-0.1, -0.05) is 17.7 Å². The van der Waals surface area contributed by atoms with E-state index in [1.807, 2.05) is 0 Å². The SMILES string of the molecule is CC(=O)c1c(C)ccc(Cl)c1F. The first-order valence-electron chi connectivity index (χ1n) is 3.49. The van der Waals surface area contributed by atoms with Gasteiger partial charge in [-0.15, -0.1) is 0 Å². The fourth-order valence-corrected chi connectivity index (χ4v) is 1.24. The molecule has 0 radical (unpaired) electrons. The number of benzene rings is 1. The predicted octanol–water partition coefficient (Wildman–Crippen LogP) is 2.99. The molecule has 1 aromatic rings. The van der Waals surface area contributed by atoms with Gasteiger partial charge in [0.25, 0.3) is 0 Å². The number of rotatable bonds is 1. The molecule has 0 bridgehead atoms. The molecule has 64 valence electrons. The van der Waals surface area contributed by atoms with Gasteiger partial charge in [0.2, 0.25) is 0 Å². The van der Waals surface area contributed by atoms with Crippen molar-refractivity contribution in [2.24, 2.45) is 0 Å². The number of ketones is 1. The molecule has 0 heterocycles. The minimum atomic E-state index is -0.621. The zero-order chi connectivity index (χ0) is 9.30. The highest BCUT2D eigenvalue weighted by Gasteiger charge is 2.12. The standard InChI is InChI=1S/C9H8ClFO/c1-5-3-4-7(10)9(11)8(5)6(2)12/h3-4H,1-2H3. The third-order valence-corrected chi connectivity index (χ3v) is 1.95. The Morgan fingerprint density at radius 2 is 2.08 bits per heavy atom. The molecular formula is C9H8ClFO. The van der Waals surface area contributed by atoms with E-state index in [9.17, 15) is 9.18 Å². The highest BCUT2D eigenvalue weighted by Crippen LogP contribution is 2.21. The van der Waals surface area contributed by atoms with E-state index in [2.05, 4.69) is 0 Å². The number of halogens is 2. The van der Waals surface area contributed by atoms with Crippen LogP contribution in [0.25, 0.3) is 0 Å². The third kappa shape index (κ3) is 1.48. The summed E-state index contributed by atoms with van der Waals surface area (Å²) < 4.78 is 13.2. The van der Waals surface area contributed by atoms with Gasteiger partial charge in [0.05, 0.1) is 10.6 Å². The van der Waals surface area contributed by atoms with E-state index in [4.69, 9.17) is 11.6 Å². The van der Waals surface area contributed by atoms with Crippen LogP contribution in [0.4, 0.5) is 4.39 Å². The number of carbonyl (C=O) groups excluding carboxylic acids is 1. The first-order chi connectivity index (χ1) is 5.54. The van der Waals surface area contributed by atoms with Crippen molar-refractivity contribution in [3.05, 3.63) is 34.1 Å². The van der Waals surface area contributed by atoms with Gasteiger partial charge < -0.3 is 0 Å². The average molecular weight is 187 g/mol. The maximum absolute atomic E-state index is 13.2. The first kappa shape index (κ1) is 9.20. The molecule has 0 N–H and O–H groups in total. The monoisotopic (exact) mass is 186 g/mol. The molecule has 0 saturated carbocycles. The van der Waals surface area contributed by atoms with E-state index in [1.54, 1.807) is 13.0 Å². The minimum Gasteiger partial charge on any atom is -0.294 e. The number of carbonyl (C=O) groups is 1. The van der Waals surface area contributed by atoms with Gasteiger partial charge in [-0.2, -0.15) is 0 Å². The van der Waals surface area contributed by atoms with E-state index in [0.29, 0.717) is 5.56 Å². The van der Waals surface area contributed by atoms with Crippen LogP contribution in [0, 0.1) is 12.7 Å². The first-order valence-corrected chi connectivity index (χ1v) is 3.87. The second-order valence-electron chi connectivity index (χ2n) is 2.61. The van der Waals surface area contributed by atoms with E-state index in [1.165, 1.54) is 13.0 Å². The van der Waals surface area contributed by atoms with E-state index in [0.717, 1.165) is 0 Å². The lowest BCUT2D eigenvalue weighted by molar-refractivity contribution is 0.101. The Bertz CT molecular complexity index is 334. The van der Waals surface area contributed by atoms with Crippen molar-refractivity contribution in [1.29, 1.82) is 0 Å². The normalized spacial score (nSPS) is 10.0. The molecule has 0 fully saturated rings. The highest BCUT2D eigenvalue weighted by atomic mass is 35.5. The van der Waals surface area contributed by atoms with Crippen LogP contribution in [0.2, 0.25) is 5.02 Å². The van der Waals surface area contributed by atoms with Gasteiger partial charge in [0.1, 0.15) is 0 Å². The van der Waals surface area contributed by atoms with Crippen LogP contribution in [0.3, 0.4) is 0 Å². The van der Waals surface area contributed by atoms with Gasteiger partial charge in [-0.3, -0.25) is 4.79 Å². The minimum absolute atomic E-state index is 0.00852. The van der Waals surface area contributed by atoms with Crippen molar-refractivity contribution in [3.8, 4) is 0 Å². The van der Waals surface area contributed by atoms with Gasteiger partial charge in [-0.25, -0.2) is 4.39 Å². The smallest absolute Gasteiger partial charge is 0.163 e. The molecule has 0 aliphatic carbocycles. The lowest BCUT2D eigenvalue weighted by Gasteiger charge is -2.03. The molecule has 1 aromatic carbocycles. The zero-order valence-corrected chi connectivity index (χ0v) is 7.57. The fourth-order valence-electron chi connectivity index (χ4n) is 1.08. The van der Waals surface area contributed by atoms with Gasteiger partial charge >= 0.3 is 0 Å². The van der Waals surface area contributed by atoms with Gasteiger partial charge in [0, 0.05) is 0 Å². The topological polar surface area (TPSA) is 17.1 Å². The summed E-state index contributed by atoms with van der Waals surface area (Å²) in [5, 5.41) is -0.00852. The van der Waals surface area contributed by atoms with Crippen LogP contribution < -0.4 is 0 Å². The van der Waals surface area contributed by atoms with Crippen molar-refractivity contribution in [3.63, 3.8) is 0 Å². The van der Waals surface area contributed by atoms with E-state index in [-0.39, 0.29) is 16.4 Å². The molecule has 0 aliphatic heterocycles. The summed E-state index contributed by atoms with van der Waals surface area (Å²) in [6.07, 6.45) is 0. The number of Topliss-reactive ketones (excluding diaryl/α,β-unsaturated/α-hetero) is 1. The second-order valence-corrected chi connectivity index (χ2v) is 3.02. The summed E-state index contributed by atoms with van der Waals surface area (Å²) in [5.74, 6) is -0.920. The highest BCUT2D eigenvalue weighted by molar-refractivity contribution is 6.31. The molecule has 1 rings (SSSR count). The third-order valence-electron chi connectivity index (χ3n) is 1.66. The Hall–Kier alpha value is -0.890. The molecule has 0 spiro atoms. The molecular weight excluding hydrogens is 179 g/mol. The van der Waals surface area contributed by atoms with Crippen LogP contribution in [-0.4, -0.2) is 5.78 Å². The van der Waals surface area contributed by atoms with Crippen molar-refractivity contribution in [1.82, 2.24) is 0 Å². The summed E-state index contributed by atoms with van der Waals surface area (Å²) in [4.78, 5) is 10.9. The van der Waals surface area contributed by atoms with Crippen LogP contribution in [-0.2, 0) is 0 Å². The summed E-state index contributed by atoms with van der Waals surface area (Å²) in [7, 11) is 0. The Balaban J connectivity index is 3.43. The van der Waals surface area contributed by atoms with Crippen LogP contribution in [0.1, 0.15) is 22.8 Å². The van der Waals surface area contributed by atoms with Crippen molar-refractivity contribution in [2.45, 2.75) is 13.8 Å². The summed E-state index contributed by atoms with van der Waals surface area (Å²) in [6, 6.07) is 3.07. The summed E-state index contributed by atoms with van der Waals surface area (Å²) in [6.45, 7) is 3.00. The average Bonchev–Trinajstić information content (AvgIpc) is 1.97. The van der Waals surface area contributed by atoms with Crippen molar-refractivity contribution in [2.75, 3.05) is 0 Å². The zero-order valence-electron chi connectivity index (χ0n) is 6.82. The quantitative estimate of drug-likeness (QED) is 0.617. The Morgan fingerprint density at radius 1 is 1.50 bits per heavy atom. The van der Waals surface area contributed by atoms with E-state index >= 15 is 0 Å². The second kappa shape index (κ2) is 3.23. The molecule has 0 aromatic heterocycles. The van der Waals surface area contributed by atoms with Crippen LogP contribution >= 0.6 is 11.6 Å². The maximum Gasteiger partial charge on any atom is 0.163 e. The molecule has 0 aliphatic rings. The van der Waals surface area contributed by atoms with Gasteiger partial charge in [-0.05, 0) is 25.5 Å². The number of aryl methyl sites for hydroxylation is 1. The number of hydrogen-bond donors (Lipinski definition) is 0. The Morgan fingerprint density at radius 3 is 2.50 bits per heavy atom. The lowest BCUT2D eigenvalue weighted by Crippen LogP contribution is -2.00. The molecule has 0 atom stereocenters. The largest absolute Gasteiger partial charge is 0.294 e. The number of hydrogen-bond acceptors (Lipinski definition) is 1. The van der Waals surface area contributed by atoms with E-state index < -0.39 is 5.82 Å². The molecule has 3 heteroatoms. The van der Waals surface area contributed by atoms with Crippen molar-refractivity contribution < 1.29 is 9.18 Å². The molecule has 12 heavy (non-hydrogen) atoms. The van der Waals surface area contributed by atoms with Gasteiger partial charge in [0.15, 0.2) is 11.6 Å². The Kier molecular flexibility index (Phi) is 2.48. The maximum atomic E-state index is 13.2. The lowest BCUT2D eigenvalue weighted by atomic mass is 10.1. The van der Waals surface area contributed by atoms with Crippen LogP contribution in [0.15, 0.2) is 12.1 Å².